The number of hydrogen-bond acceptors (Lipinski definition) is 4. The average molecular weight is 259 g/mol. The molecule has 0 aromatic rings. The summed E-state index contributed by atoms with van der Waals surface area (Å²) in [6.45, 7) is 2.15. The van der Waals surface area contributed by atoms with Crippen molar-refractivity contribution in [1.82, 2.24) is 10.0 Å². The number of ether oxygens (including phenoxy) is 1. The molecule has 0 aromatic heterocycles. The SMILES string of the molecule is COCCNC(=O)C(C)NS(=O)(=O)CCl. The third-order valence-corrected chi connectivity index (χ3v) is 3.36. The fraction of sp³-hybridized carbons (Fsp3) is 0.857. The predicted molar refractivity (Wildman–Crippen MR) is 57.1 cm³/mol. The standard InChI is InChI=1S/C7H15ClN2O4S/c1-6(10-15(12,13)5-8)7(11)9-3-4-14-2/h6,10H,3-5H2,1-2H3,(H,9,11). The van der Waals surface area contributed by atoms with Crippen molar-refractivity contribution in [1.29, 1.82) is 0 Å². The van der Waals surface area contributed by atoms with Gasteiger partial charge in [0.05, 0.1) is 12.6 Å². The number of carbonyl (C=O) groups is 1. The zero-order valence-corrected chi connectivity index (χ0v) is 10.2. The lowest BCUT2D eigenvalue weighted by Crippen LogP contribution is -2.45. The van der Waals surface area contributed by atoms with Crippen LogP contribution in [0.3, 0.4) is 0 Å². The summed E-state index contributed by atoms with van der Waals surface area (Å²) in [5.41, 5.74) is 0. The summed E-state index contributed by atoms with van der Waals surface area (Å²) in [5.74, 6) is -0.416. The molecule has 0 fully saturated rings. The zero-order valence-electron chi connectivity index (χ0n) is 8.62. The van der Waals surface area contributed by atoms with E-state index in [4.69, 9.17) is 16.3 Å². The second-order valence-corrected chi connectivity index (χ2v) is 5.19. The van der Waals surface area contributed by atoms with Crippen molar-refractivity contribution in [3.63, 3.8) is 0 Å². The lowest BCUT2D eigenvalue weighted by Gasteiger charge is -2.12. The number of carbonyl (C=O) groups excluding carboxylic acids is 1. The summed E-state index contributed by atoms with van der Waals surface area (Å²) in [7, 11) is -2.07. The molecule has 8 heteroatoms. The normalized spacial score (nSPS) is 13.5. The van der Waals surface area contributed by atoms with Crippen LogP contribution in [0.1, 0.15) is 6.92 Å². The van der Waals surface area contributed by atoms with E-state index < -0.39 is 27.2 Å². The van der Waals surface area contributed by atoms with Gasteiger partial charge in [0.15, 0.2) is 0 Å². The summed E-state index contributed by atoms with van der Waals surface area (Å²) in [6, 6.07) is -0.842. The predicted octanol–water partition coefficient (Wildman–Crippen LogP) is -0.747. The van der Waals surface area contributed by atoms with Gasteiger partial charge in [0.25, 0.3) is 0 Å². The van der Waals surface area contributed by atoms with Crippen molar-refractivity contribution in [2.75, 3.05) is 25.5 Å². The molecule has 0 saturated heterocycles. The van der Waals surface area contributed by atoms with E-state index >= 15 is 0 Å². The smallest absolute Gasteiger partial charge is 0.237 e. The average Bonchev–Trinajstić information content (AvgIpc) is 2.17. The van der Waals surface area contributed by atoms with E-state index in [1.54, 1.807) is 0 Å². The second kappa shape index (κ2) is 7.00. The lowest BCUT2D eigenvalue weighted by atomic mass is 10.3. The first kappa shape index (κ1) is 14.6. The molecule has 0 aliphatic heterocycles. The van der Waals surface area contributed by atoms with Gasteiger partial charge in [-0.25, -0.2) is 13.1 Å². The van der Waals surface area contributed by atoms with Crippen LogP contribution in [0.5, 0.6) is 0 Å². The monoisotopic (exact) mass is 258 g/mol. The number of nitrogens with one attached hydrogen (secondary N) is 2. The van der Waals surface area contributed by atoms with Crippen molar-refractivity contribution >= 4 is 27.5 Å². The van der Waals surface area contributed by atoms with E-state index in [-0.39, 0.29) is 0 Å². The van der Waals surface area contributed by atoms with Gasteiger partial charge >= 0.3 is 0 Å². The van der Waals surface area contributed by atoms with Crippen LogP contribution < -0.4 is 10.0 Å². The molecule has 0 aromatic carbocycles. The maximum Gasteiger partial charge on any atom is 0.237 e. The number of amides is 1. The van der Waals surface area contributed by atoms with Crippen molar-refractivity contribution in [3.8, 4) is 0 Å². The van der Waals surface area contributed by atoms with Gasteiger partial charge in [-0.2, -0.15) is 0 Å². The Balaban J connectivity index is 4.00. The summed E-state index contributed by atoms with van der Waals surface area (Å²) in [4.78, 5) is 11.3. The van der Waals surface area contributed by atoms with E-state index in [0.717, 1.165) is 0 Å². The molecule has 0 rings (SSSR count). The van der Waals surface area contributed by atoms with E-state index in [1.165, 1.54) is 14.0 Å². The van der Waals surface area contributed by atoms with Gasteiger partial charge in [-0.1, -0.05) is 0 Å². The molecule has 0 bridgehead atoms. The molecule has 0 aliphatic carbocycles. The summed E-state index contributed by atoms with van der Waals surface area (Å²) < 4.78 is 28.8. The first-order chi connectivity index (χ1) is 6.93. The van der Waals surface area contributed by atoms with E-state index in [2.05, 4.69) is 10.0 Å². The molecule has 2 N–H and O–H groups in total. The highest BCUT2D eigenvalue weighted by Crippen LogP contribution is 1.92. The highest BCUT2D eigenvalue weighted by atomic mass is 35.5. The second-order valence-electron chi connectivity index (χ2n) is 2.85. The van der Waals surface area contributed by atoms with Crippen LogP contribution >= 0.6 is 11.6 Å². The minimum absolute atomic E-state index is 0.336. The molecule has 0 radical (unpaired) electrons. The first-order valence-electron chi connectivity index (χ1n) is 4.25. The van der Waals surface area contributed by atoms with Crippen molar-refractivity contribution in [2.45, 2.75) is 13.0 Å². The fourth-order valence-electron chi connectivity index (χ4n) is 0.784. The Morgan fingerprint density at radius 3 is 2.60 bits per heavy atom. The number of halogens is 1. The first-order valence-corrected chi connectivity index (χ1v) is 6.44. The van der Waals surface area contributed by atoms with Crippen molar-refractivity contribution in [3.05, 3.63) is 0 Å². The molecule has 1 unspecified atom stereocenters. The largest absolute Gasteiger partial charge is 0.383 e. The molecule has 0 spiro atoms. The fourth-order valence-corrected chi connectivity index (χ4v) is 1.68. The van der Waals surface area contributed by atoms with Gasteiger partial charge in [-0.05, 0) is 6.92 Å². The molecule has 0 saturated carbocycles. The number of methoxy groups -OCH3 is 1. The zero-order chi connectivity index (χ0) is 11.9. The third kappa shape index (κ3) is 6.67. The van der Waals surface area contributed by atoms with Gasteiger partial charge in [0.1, 0.15) is 5.21 Å². The van der Waals surface area contributed by atoms with Gasteiger partial charge in [-0.3, -0.25) is 4.79 Å². The van der Waals surface area contributed by atoms with Crippen LogP contribution in [-0.4, -0.2) is 45.8 Å². The van der Waals surface area contributed by atoms with Crippen molar-refractivity contribution < 1.29 is 17.9 Å². The minimum atomic E-state index is -3.57. The quantitative estimate of drug-likeness (QED) is 0.465. The molecule has 0 aliphatic rings. The molecule has 90 valence electrons. The van der Waals surface area contributed by atoms with Gasteiger partial charge in [0.2, 0.25) is 15.9 Å². The van der Waals surface area contributed by atoms with Gasteiger partial charge in [0, 0.05) is 13.7 Å². The Labute approximate surface area is 94.4 Å². The Bertz CT molecular complexity index is 293. The molecular formula is C7H15ClN2O4S. The number of hydrogen-bond donors (Lipinski definition) is 2. The summed E-state index contributed by atoms with van der Waals surface area (Å²) in [6.07, 6.45) is 0. The molecule has 6 nitrogen and oxygen atoms in total. The number of rotatable bonds is 7. The Morgan fingerprint density at radius 2 is 2.13 bits per heavy atom. The Morgan fingerprint density at radius 1 is 1.53 bits per heavy atom. The maximum atomic E-state index is 11.3. The highest BCUT2D eigenvalue weighted by Gasteiger charge is 2.18. The third-order valence-electron chi connectivity index (χ3n) is 1.50. The highest BCUT2D eigenvalue weighted by molar-refractivity contribution is 7.90. The molecular weight excluding hydrogens is 244 g/mol. The van der Waals surface area contributed by atoms with Crippen LogP contribution in [-0.2, 0) is 19.6 Å². The molecule has 1 amide bonds. The lowest BCUT2D eigenvalue weighted by molar-refractivity contribution is -0.122. The maximum absolute atomic E-state index is 11.3. The van der Waals surface area contributed by atoms with Crippen LogP contribution in [0.4, 0.5) is 0 Å². The Hall–Kier alpha value is -0.370. The summed E-state index contributed by atoms with van der Waals surface area (Å²) >= 11 is 5.17. The van der Waals surface area contributed by atoms with E-state index in [0.29, 0.717) is 13.2 Å². The van der Waals surface area contributed by atoms with Gasteiger partial charge < -0.3 is 10.1 Å². The van der Waals surface area contributed by atoms with Crippen LogP contribution in [0.2, 0.25) is 0 Å². The van der Waals surface area contributed by atoms with Crippen LogP contribution in [0, 0.1) is 0 Å². The molecule has 0 heterocycles. The van der Waals surface area contributed by atoms with Gasteiger partial charge in [-0.15, -0.1) is 11.6 Å². The number of alkyl halides is 1. The molecule has 15 heavy (non-hydrogen) atoms. The topological polar surface area (TPSA) is 84.5 Å². The summed E-state index contributed by atoms with van der Waals surface area (Å²) in [5, 5.41) is 1.93. The van der Waals surface area contributed by atoms with E-state index in [1.807, 2.05) is 0 Å². The van der Waals surface area contributed by atoms with E-state index in [9.17, 15) is 13.2 Å². The van der Waals surface area contributed by atoms with Crippen LogP contribution in [0.25, 0.3) is 0 Å². The van der Waals surface area contributed by atoms with Crippen molar-refractivity contribution in [2.24, 2.45) is 0 Å². The molecule has 1 atom stereocenters. The van der Waals surface area contributed by atoms with Crippen LogP contribution in [0.15, 0.2) is 0 Å². The minimum Gasteiger partial charge on any atom is -0.383 e. The number of sulfonamides is 1. The Kier molecular flexibility index (Phi) is 6.82.